The zero-order chi connectivity index (χ0) is 23.6. The number of primary amides is 1. The molecule has 0 unspecified atom stereocenters. The molecular weight excluding hydrogens is 454 g/mol. The maximum atomic E-state index is 13.6. The Morgan fingerprint density at radius 2 is 1.72 bits per heavy atom. The smallest absolute Gasteiger partial charge is 0.289 e. The van der Waals surface area contributed by atoms with E-state index in [-0.39, 0.29) is 16.5 Å². The average Bonchev–Trinajstić information content (AvgIpc) is 2.72. The highest BCUT2D eigenvalue weighted by Crippen LogP contribution is 2.33. The highest BCUT2D eigenvalue weighted by Gasteiger charge is 2.29. The van der Waals surface area contributed by atoms with Gasteiger partial charge in [0.1, 0.15) is 5.02 Å². The third-order valence-corrected chi connectivity index (χ3v) is 6.96. The van der Waals surface area contributed by atoms with Crippen molar-refractivity contribution in [2.24, 2.45) is 5.73 Å². The Morgan fingerprint density at radius 3 is 2.28 bits per heavy atom. The largest absolute Gasteiger partial charge is 0.366 e. The summed E-state index contributed by atoms with van der Waals surface area (Å²) in [5.74, 6) is -0.594. The third kappa shape index (κ3) is 4.74. The van der Waals surface area contributed by atoms with Gasteiger partial charge in [-0.15, -0.1) is 0 Å². The summed E-state index contributed by atoms with van der Waals surface area (Å²) in [6.07, 6.45) is 0. The van der Waals surface area contributed by atoms with Crippen LogP contribution in [0.4, 0.5) is 11.4 Å². The van der Waals surface area contributed by atoms with E-state index in [0.29, 0.717) is 22.4 Å². The molecule has 0 aromatic heterocycles. The zero-order valence-corrected chi connectivity index (χ0v) is 18.9. The molecule has 10 heteroatoms. The Kier molecular flexibility index (Phi) is 6.52. The number of carbonyl (C=O) groups is 1. The number of anilines is 1. The van der Waals surface area contributed by atoms with Crippen LogP contribution in [0.5, 0.6) is 0 Å². The van der Waals surface area contributed by atoms with Crippen molar-refractivity contribution in [3.63, 3.8) is 0 Å². The molecular formula is C22H20ClN3O5S. The summed E-state index contributed by atoms with van der Waals surface area (Å²) in [4.78, 5) is 21.6. The van der Waals surface area contributed by atoms with Crippen LogP contribution in [-0.4, -0.2) is 19.2 Å². The van der Waals surface area contributed by atoms with Gasteiger partial charge in [0.05, 0.1) is 22.1 Å². The second kappa shape index (κ2) is 8.97. The number of aryl methyl sites for hydroxylation is 2. The summed E-state index contributed by atoms with van der Waals surface area (Å²) < 4.78 is 28.4. The fourth-order valence-electron chi connectivity index (χ4n) is 3.25. The molecule has 0 heterocycles. The van der Waals surface area contributed by atoms with E-state index in [0.717, 1.165) is 11.6 Å². The number of benzene rings is 3. The van der Waals surface area contributed by atoms with E-state index < -0.39 is 26.5 Å². The van der Waals surface area contributed by atoms with Gasteiger partial charge in [0, 0.05) is 11.6 Å². The Balaban J connectivity index is 2.14. The van der Waals surface area contributed by atoms with E-state index in [4.69, 9.17) is 17.3 Å². The summed E-state index contributed by atoms with van der Waals surface area (Å²) in [5, 5.41) is 11.1. The van der Waals surface area contributed by atoms with Gasteiger partial charge < -0.3 is 5.73 Å². The van der Waals surface area contributed by atoms with Crippen LogP contribution in [-0.2, 0) is 16.6 Å². The van der Waals surface area contributed by atoms with Crippen LogP contribution in [0, 0.1) is 24.0 Å². The SMILES string of the molecule is Cc1ccc(N(Cc2ccc(C(N)=O)cc2)S(=O)(=O)c2ccc(Cl)c([N+](=O)[O-])c2)c(C)c1. The highest BCUT2D eigenvalue weighted by atomic mass is 35.5. The van der Waals surface area contributed by atoms with E-state index >= 15 is 0 Å². The number of nitrogens with two attached hydrogens (primary N) is 1. The molecule has 0 radical (unpaired) electrons. The molecule has 3 aromatic carbocycles. The van der Waals surface area contributed by atoms with Crippen LogP contribution in [0.25, 0.3) is 0 Å². The quantitative estimate of drug-likeness (QED) is 0.403. The molecule has 3 aromatic rings. The molecule has 1 amide bonds. The van der Waals surface area contributed by atoms with Gasteiger partial charge in [0.25, 0.3) is 15.7 Å². The molecule has 0 fully saturated rings. The molecule has 0 bridgehead atoms. The van der Waals surface area contributed by atoms with Crippen molar-refractivity contribution in [2.45, 2.75) is 25.3 Å². The predicted octanol–water partition coefficient (Wildman–Crippen LogP) is 4.36. The van der Waals surface area contributed by atoms with Crippen molar-refractivity contribution in [1.29, 1.82) is 0 Å². The number of rotatable bonds is 7. The molecule has 8 nitrogen and oxygen atoms in total. The molecule has 32 heavy (non-hydrogen) atoms. The number of nitrogens with zero attached hydrogens (tertiary/aromatic N) is 2. The monoisotopic (exact) mass is 473 g/mol. The number of nitro groups is 1. The molecule has 0 aliphatic rings. The molecule has 2 N–H and O–H groups in total. The lowest BCUT2D eigenvalue weighted by Gasteiger charge is -2.26. The first kappa shape index (κ1) is 23.2. The van der Waals surface area contributed by atoms with Crippen molar-refractivity contribution in [3.05, 3.63) is 98.1 Å². The van der Waals surface area contributed by atoms with Crippen LogP contribution >= 0.6 is 11.6 Å². The van der Waals surface area contributed by atoms with Gasteiger partial charge >= 0.3 is 0 Å². The van der Waals surface area contributed by atoms with Crippen molar-refractivity contribution in [2.75, 3.05) is 4.31 Å². The summed E-state index contributed by atoms with van der Waals surface area (Å²) in [5.41, 5.74) is 7.76. The predicted molar refractivity (Wildman–Crippen MR) is 122 cm³/mol. The van der Waals surface area contributed by atoms with E-state index in [2.05, 4.69) is 0 Å². The van der Waals surface area contributed by atoms with Crippen molar-refractivity contribution in [1.82, 2.24) is 0 Å². The van der Waals surface area contributed by atoms with Crippen molar-refractivity contribution >= 4 is 38.9 Å². The average molecular weight is 474 g/mol. The second-order valence-corrected chi connectivity index (χ2v) is 9.50. The Morgan fingerprint density at radius 1 is 1.06 bits per heavy atom. The molecule has 0 aliphatic heterocycles. The Labute approximate surface area is 190 Å². The van der Waals surface area contributed by atoms with Gasteiger partial charge in [-0.3, -0.25) is 19.2 Å². The zero-order valence-electron chi connectivity index (χ0n) is 17.3. The number of nitro benzene ring substituents is 1. The number of halogens is 1. The first-order valence-electron chi connectivity index (χ1n) is 9.43. The van der Waals surface area contributed by atoms with E-state index in [9.17, 15) is 23.3 Å². The van der Waals surface area contributed by atoms with E-state index in [1.807, 2.05) is 13.0 Å². The lowest BCUT2D eigenvalue weighted by Crippen LogP contribution is -2.31. The lowest BCUT2D eigenvalue weighted by molar-refractivity contribution is -0.384. The maximum absolute atomic E-state index is 13.6. The van der Waals surface area contributed by atoms with Gasteiger partial charge in [-0.25, -0.2) is 8.42 Å². The van der Waals surface area contributed by atoms with E-state index in [1.165, 1.54) is 28.6 Å². The number of amides is 1. The minimum Gasteiger partial charge on any atom is -0.366 e. The van der Waals surface area contributed by atoms with Crippen LogP contribution in [0.1, 0.15) is 27.0 Å². The molecule has 3 rings (SSSR count). The van der Waals surface area contributed by atoms with Crippen LogP contribution in [0.2, 0.25) is 5.02 Å². The molecule has 0 saturated carbocycles. The van der Waals surface area contributed by atoms with Crippen LogP contribution < -0.4 is 10.0 Å². The minimum atomic E-state index is -4.21. The Hall–Kier alpha value is -3.43. The van der Waals surface area contributed by atoms with Crippen molar-refractivity contribution in [3.8, 4) is 0 Å². The summed E-state index contributed by atoms with van der Waals surface area (Å²) in [6.45, 7) is 3.60. The fourth-order valence-corrected chi connectivity index (χ4v) is 4.97. The number of sulfonamides is 1. The first-order chi connectivity index (χ1) is 15.0. The highest BCUT2D eigenvalue weighted by molar-refractivity contribution is 7.92. The second-order valence-electron chi connectivity index (χ2n) is 7.23. The minimum absolute atomic E-state index is 0.0678. The van der Waals surface area contributed by atoms with Crippen molar-refractivity contribution < 1.29 is 18.1 Å². The van der Waals surface area contributed by atoms with Gasteiger partial charge in [-0.1, -0.05) is 41.4 Å². The molecule has 0 saturated heterocycles. The molecule has 0 atom stereocenters. The van der Waals surface area contributed by atoms with Gasteiger partial charge in [0.15, 0.2) is 0 Å². The maximum Gasteiger partial charge on any atom is 0.289 e. The first-order valence-corrected chi connectivity index (χ1v) is 11.2. The molecule has 0 spiro atoms. The molecule has 166 valence electrons. The topological polar surface area (TPSA) is 124 Å². The van der Waals surface area contributed by atoms with Gasteiger partial charge in [0.2, 0.25) is 5.91 Å². The Bertz CT molecular complexity index is 1310. The molecule has 0 aliphatic carbocycles. The van der Waals surface area contributed by atoms with Gasteiger partial charge in [-0.05, 0) is 55.3 Å². The lowest BCUT2D eigenvalue weighted by atomic mass is 10.1. The van der Waals surface area contributed by atoms with Crippen LogP contribution in [0.3, 0.4) is 0 Å². The third-order valence-electron chi connectivity index (χ3n) is 4.89. The normalized spacial score (nSPS) is 11.2. The number of hydrogen-bond acceptors (Lipinski definition) is 5. The summed E-state index contributed by atoms with van der Waals surface area (Å²) >= 11 is 5.86. The number of hydrogen-bond donors (Lipinski definition) is 1. The fraction of sp³-hybridized carbons (Fsp3) is 0.136. The van der Waals surface area contributed by atoms with Crippen LogP contribution in [0.15, 0.2) is 65.6 Å². The number of carbonyl (C=O) groups excluding carboxylic acids is 1. The van der Waals surface area contributed by atoms with Gasteiger partial charge in [-0.2, -0.15) is 0 Å². The summed E-state index contributed by atoms with van der Waals surface area (Å²) in [6, 6.07) is 14.9. The van der Waals surface area contributed by atoms with E-state index in [1.54, 1.807) is 31.2 Å². The standard InChI is InChI=1S/C22H20ClN3O5S/c1-14-3-10-20(15(2)11-14)25(13-16-4-6-17(7-5-16)22(24)27)32(30,31)18-8-9-19(23)21(12-18)26(28)29/h3-12H,13H2,1-2H3,(H2,24,27). The summed E-state index contributed by atoms with van der Waals surface area (Å²) in [7, 11) is -4.21.